The zero-order valence-electron chi connectivity index (χ0n) is 23.2. The molecular weight excluding hydrogens is 566 g/mol. The summed E-state index contributed by atoms with van der Waals surface area (Å²) < 4.78 is 12.3. The van der Waals surface area contributed by atoms with Crippen molar-refractivity contribution in [3.8, 4) is 11.5 Å². The molecule has 0 N–H and O–H groups in total. The van der Waals surface area contributed by atoms with E-state index in [4.69, 9.17) is 26.1 Å². The number of carbonyl (C=O) groups excluding carboxylic acids is 1. The van der Waals surface area contributed by atoms with E-state index >= 15 is 0 Å². The molecule has 1 aromatic heterocycles. The van der Waals surface area contributed by atoms with Crippen LogP contribution in [0.1, 0.15) is 29.2 Å². The quantitative estimate of drug-likeness (QED) is 0.129. The van der Waals surface area contributed by atoms with Crippen molar-refractivity contribution in [1.82, 2.24) is 9.88 Å². The number of allylic oxidation sites excluding steroid dienone is 1. The second kappa shape index (κ2) is 14.0. The van der Waals surface area contributed by atoms with E-state index in [-0.39, 0.29) is 5.91 Å². The maximum Gasteiger partial charge on any atom is 0.267 e. The first kappa shape index (κ1) is 29.2. The van der Waals surface area contributed by atoms with Crippen molar-refractivity contribution in [3.05, 3.63) is 136 Å². The number of benzene rings is 3. The summed E-state index contributed by atoms with van der Waals surface area (Å²) in [5.74, 6) is 1.10. The summed E-state index contributed by atoms with van der Waals surface area (Å²) >= 11 is 7.71. The monoisotopic (exact) mass is 595 g/mol. The molecule has 0 saturated carbocycles. The molecule has 0 bridgehead atoms. The number of pyridine rings is 1. The van der Waals surface area contributed by atoms with Gasteiger partial charge >= 0.3 is 0 Å². The first-order valence-electron chi connectivity index (χ1n) is 13.6. The number of halogens is 1. The van der Waals surface area contributed by atoms with E-state index in [2.05, 4.69) is 11.6 Å². The van der Waals surface area contributed by atoms with Gasteiger partial charge in [0.25, 0.3) is 5.91 Å². The van der Waals surface area contributed by atoms with Crippen LogP contribution >= 0.6 is 23.4 Å². The van der Waals surface area contributed by atoms with Crippen molar-refractivity contribution < 1.29 is 14.3 Å². The Balaban J connectivity index is 1.50. The fourth-order valence-electron chi connectivity index (χ4n) is 4.44. The molecule has 1 amide bonds. The van der Waals surface area contributed by atoms with Gasteiger partial charge in [-0.05, 0) is 78.7 Å². The molecule has 0 atom stereocenters. The predicted molar refractivity (Wildman–Crippen MR) is 171 cm³/mol. The van der Waals surface area contributed by atoms with Crippen LogP contribution in [0.15, 0.2) is 114 Å². The van der Waals surface area contributed by atoms with Crippen LogP contribution in [0.2, 0.25) is 5.02 Å². The van der Waals surface area contributed by atoms with Gasteiger partial charge in [0.05, 0.1) is 23.7 Å². The number of thioether (sulfide) groups is 1. The Morgan fingerprint density at radius 3 is 2.57 bits per heavy atom. The van der Waals surface area contributed by atoms with Gasteiger partial charge < -0.3 is 9.47 Å². The molecule has 0 aliphatic carbocycles. The number of carbonyl (C=O) groups is 1. The minimum absolute atomic E-state index is 0.124. The van der Waals surface area contributed by atoms with Gasteiger partial charge in [0, 0.05) is 28.5 Å². The van der Waals surface area contributed by atoms with E-state index in [0.717, 1.165) is 27.9 Å². The van der Waals surface area contributed by atoms with Crippen molar-refractivity contribution >= 4 is 46.2 Å². The normalized spacial score (nSPS) is 14.9. The van der Waals surface area contributed by atoms with Gasteiger partial charge in [-0.1, -0.05) is 60.1 Å². The number of amidine groups is 1. The molecule has 0 spiro atoms. The predicted octanol–water partition coefficient (Wildman–Crippen LogP) is 8.25. The Hall–Kier alpha value is -4.33. The Kier molecular flexibility index (Phi) is 9.74. The van der Waals surface area contributed by atoms with Crippen LogP contribution in [0.25, 0.3) is 6.08 Å². The largest absolute Gasteiger partial charge is 0.490 e. The fourth-order valence-corrected chi connectivity index (χ4v) is 5.62. The zero-order valence-corrected chi connectivity index (χ0v) is 24.8. The number of rotatable bonds is 11. The Morgan fingerprint density at radius 2 is 1.83 bits per heavy atom. The number of amides is 1. The van der Waals surface area contributed by atoms with Crippen LogP contribution in [-0.4, -0.2) is 27.6 Å². The molecule has 1 aliphatic rings. The number of para-hydroxylation sites is 1. The minimum Gasteiger partial charge on any atom is -0.490 e. The molecule has 3 aromatic carbocycles. The highest BCUT2D eigenvalue weighted by molar-refractivity contribution is 8.18. The molecule has 1 fully saturated rings. The summed E-state index contributed by atoms with van der Waals surface area (Å²) in [5.41, 5.74) is 4.29. The summed E-state index contributed by atoms with van der Waals surface area (Å²) in [6, 6.07) is 24.9. The number of nitrogens with zero attached hydrogens (tertiary/aromatic N) is 3. The van der Waals surface area contributed by atoms with E-state index in [9.17, 15) is 4.79 Å². The van der Waals surface area contributed by atoms with Gasteiger partial charge in [0.15, 0.2) is 16.7 Å². The van der Waals surface area contributed by atoms with Crippen molar-refractivity contribution in [2.45, 2.75) is 26.5 Å². The van der Waals surface area contributed by atoms with E-state index in [1.54, 1.807) is 17.3 Å². The Bertz CT molecular complexity index is 1620. The average molecular weight is 596 g/mol. The molecule has 5 rings (SSSR count). The maximum absolute atomic E-state index is 13.7. The van der Waals surface area contributed by atoms with Crippen molar-refractivity contribution in [1.29, 1.82) is 0 Å². The molecule has 0 radical (unpaired) electrons. The standard InChI is InChI=1S/C34H30ClN3O3S/c1-3-11-26-18-25(19-30(40-4-2)32(26)41-23-27-13-8-9-16-29(27)35)20-31-33(39)38(22-24-12-10-17-36-21-24)34(42-31)37-28-14-6-5-7-15-28/h3,5-10,12-21H,1,4,11,22-23H2,2H3/b31-20-,37-34?. The molecule has 4 aromatic rings. The molecule has 2 heterocycles. The third-order valence-corrected chi connectivity index (χ3v) is 7.75. The second-order valence-electron chi connectivity index (χ2n) is 9.41. The topological polar surface area (TPSA) is 64.0 Å². The highest BCUT2D eigenvalue weighted by atomic mass is 35.5. The van der Waals surface area contributed by atoms with Gasteiger partial charge in [-0.2, -0.15) is 0 Å². The number of hydrogen-bond donors (Lipinski definition) is 0. The third kappa shape index (κ3) is 7.11. The van der Waals surface area contributed by atoms with E-state index in [1.807, 2.05) is 97.9 Å². The van der Waals surface area contributed by atoms with Gasteiger partial charge in [-0.25, -0.2) is 4.99 Å². The lowest BCUT2D eigenvalue weighted by molar-refractivity contribution is -0.122. The summed E-state index contributed by atoms with van der Waals surface area (Å²) in [4.78, 5) is 25.0. The summed E-state index contributed by atoms with van der Waals surface area (Å²) in [5, 5.41) is 1.25. The van der Waals surface area contributed by atoms with Crippen LogP contribution in [0, 0.1) is 0 Å². The Labute approximate surface area is 255 Å². The van der Waals surface area contributed by atoms with Crippen molar-refractivity contribution in [3.63, 3.8) is 0 Å². The second-order valence-corrected chi connectivity index (χ2v) is 10.8. The third-order valence-electron chi connectivity index (χ3n) is 6.38. The van der Waals surface area contributed by atoms with E-state index < -0.39 is 0 Å². The lowest BCUT2D eigenvalue weighted by Gasteiger charge is -2.17. The molecule has 42 heavy (non-hydrogen) atoms. The van der Waals surface area contributed by atoms with Gasteiger partial charge in [-0.3, -0.25) is 14.7 Å². The number of aromatic nitrogens is 1. The first-order chi connectivity index (χ1) is 20.6. The maximum atomic E-state index is 13.7. The lowest BCUT2D eigenvalue weighted by atomic mass is 10.0. The fraction of sp³-hybridized carbons (Fsp3) is 0.147. The van der Waals surface area contributed by atoms with Crippen molar-refractivity contribution in [2.75, 3.05) is 6.61 Å². The highest BCUT2D eigenvalue weighted by Crippen LogP contribution is 2.39. The average Bonchev–Trinajstić information content (AvgIpc) is 3.27. The smallest absolute Gasteiger partial charge is 0.267 e. The minimum atomic E-state index is -0.124. The van der Waals surface area contributed by atoms with Crippen LogP contribution in [-0.2, 0) is 24.4 Å². The van der Waals surface area contributed by atoms with Crippen molar-refractivity contribution in [2.24, 2.45) is 4.99 Å². The van der Waals surface area contributed by atoms with Gasteiger partial charge in [0.2, 0.25) is 0 Å². The molecule has 8 heteroatoms. The van der Waals surface area contributed by atoms with Crippen LogP contribution in [0.4, 0.5) is 5.69 Å². The van der Waals surface area contributed by atoms with Crippen LogP contribution in [0.5, 0.6) is 11.5 Å². The Morgan fingerprint density at radius 1 is 1.02 bits per heavy atom. The van der Waals surface area contributed by atoms with E-state index in [0.29, 0.717) is 52.8 Å². The summed E-state index contributed by atoms with van der Waals surface area (Å²) in [6.45, 7) is 6.97. The first-order valence-corrected chi connectivity index (χ1v) is 14.8. The molecule has 6 nitrogen and oxygen atoms in total. The van der Waals surface area contributed by atoms with Crippen LogP contribution < -0.4 is 9.47 Å². The highest BCUT2D eigenvalue weighted by Gasteiger charge is 2.33. The lowest BCUT2D eigenvalue weighted by Crippen LogP contribution is -2.28. The molecule has 1 saturated heterocycles. The molecule has 212 valence electrons. The summed E-state index contributed by atoms with van der Waals surface area (Å²) in [7, 11) is 0. The van der Waals surface area contributed by atoms with Gasteiger partial charge in [0.1, 0.15) is 6.61 Å². The van der Waals surface area contributed by atoms with Gasteiger partial charge in [-0.15, -0.1) is 6.58 Å². The molecule has 0 unspecified atom stereocenters. The molecule has 1 aliphatic heterocycles. The molecular formula is C34H30ClN3O3S. The number of ether oxygens (including phenoxy) is 2. The van der Waals surface area contributed by atoms with Crippen LogP contribution in [0.3, 0.4) is 0 Å². The zero-order chi connectivity index (χ0) is 29.3. The SMILES string of the molecule is C=CCc1cc(/C=C2\SC(=Nc3ccccc3)N(Cc3cccnc3)C2=O)cc(OCC)c1OCc1ccccc1Cl. The van der Waals surface area contributed by atoms with E-state index in [1.165, 1.54) is 11.8 Å². The number of hydrogen-bond acceptors (Lipinski definition) is 6. The summed E-state index contributed by atoms with van der Waals surface area (Å²) in [6.07, 6.45) is 7.73. The number of aliphatic imine (C=N–C) groups is 1.